The summed E-state index contributed by atoms with van der Waals surface area (Å²) in [6.07, 6.45) is 0.425. The molecule has 1 aliphatic heterocycles. The summed E-state index contributed by atoms with van der Waals surface area (Å²) in [6, 6.07) is 11.4. The summed E-state index contributed by atoms with van der Waals surface area (Å²) in [6.45, 7) is 0.475. The minimum atomic E-state index is -3.06. The van der Waals surface area contributed by atoms with E-state index in [1.54, 1.807) is 16.2 Å². The molecule has 4 nitrogen and oxygen atoms in total. The Morgan fingerprint density at radius 3 is 2.59 bits per heavy atom. The van der Waals surface area contributed by atoms with Crippen LogP contribution in [0.5, 0.6) is 0 Å². The van der Waals surface area contributed by atoms with Crippen molar-refractivity contribution < 1.29 is 13.2 Å². The minimum Gasteiger partial charge on any atom is -0.308 e. The molecule has 0 saturated carbocycles. The van der Waals surface area contributed by atoms with E-state index in [1.807, 2.05) is 47.2 Å². The smallest absolute Gasteiger partial charge is 0.231 e. The molecular formula is C16H17NO3S2. The fourth-order valence-corrected chi connectivity index (χ4v) is 5.07. The van der Waals surface area contributed by atoms with Gasteiger partial charge in [0.15, 0.2) is 9.84 Å². The first-order valence-electron chi connectivity index (χ1n) is 7.13. The molecule has 0 N–H and O–H groups in total. The molecule has 2 heterocycles. The van der Waals surface area contributed by atoms with Crippen molar-refractivity contribution in [3.05, 3.63) is 52.7 Å². The maximum atomic E-state index is 12.8. The Bertz CT molecular complexity index is 739. The van der Waals surface area contributed by atoms with Crippen molar-refractivity contribution in [2.24, 2.45) is 5.92 Å². The van der Waals surface area contributed by atoms with Crippen LogP contribution in [0.15, 0.2) is 47.2 Å². The number of carbonyl (C=O) groups is 1. The molecule has 116 valence electrons. The molecule has 0 spiro atoms. The van der Waals surface area contributed by atoms with Crippen LogP contribution in [-0.4, -0.2) is 25.8 Å². The molecule has 0 bridgehead atoms. The van der Waals surface area contributed by atoms with Crippen molar-refractivity contribution in [1.82, 2.24) is 0 Å². The van der Waals surface area contributed by atoms with E-state index < -0.39 is 15.8 Å². The van der Waals surface area contributed by atoms with E-state index in [9.17, 15) is 13.2 Å². The van der Waals surface area contributed by atoms with E-state index in [0.717, 1.165) is 11.3 Å². The highest BCUT2D eigenvalue weighted by atomic mass is 32.2. The average molecular weight is 335 g/mol. The van der Waals surface area contributed by atoms with E-state index in [2.05, 4.69) is 0 Å². The lowest BCUT2D eigenvalue weighted by Crippen LogP contribution is -2.36. The van der Waals surface area contributed by atoms with Crippen molar-refractivity contribution in [3.8, 4) is 0 Å². The zero-order valence-corrected chi connectivity index (χ0v) is 13.6. The second-order valence-electron chi connectivity index (χ2n) is 5.49. The van der Waals surface area contributed by atoms with Crippen molar-refractivity contribution in [2.75, 3.05) is 16.4 Å². The summed E-state index contributed by atoms with van der Waals surface area (Å²) in [4.78, 5) is 14.5. The molecular weight excluding hydrogens is 318 g/mol. The van der Waals surface area contributed by atoms with Gasteiger partial charge in [-0.2, -0.15) is 11.3 Å². The van der Waals surface area contributed by atoms with Gasteiger partial charge in [0.25, 0.3) is 0 Å². The lowest BCUT2D eigenvalue weighted by Gasteiger charge is -2.25. The fraction of sp³-hybridized carbons (Fsp3) is 0.312. The predicted octanol–water partition coefficient (Wildman–Crippen LogP) is 2.72. The molecule has 1 atom stereocenters. The Hall–Kier alpha value is -1.66. The molecule has 0 aliphatic carbocycles. The molecule has 22 heavy (non-hydrogen) atoms. The Morgan fingerprint density at radius 2 is 2.00 bits per heavy atom. The van der Waals surface area contributed by atoms with Gasteiger partial charge in [-0.1, -0.05) is 18.2 Å². The number of sulfone groups is 1. The van der Waals surface area contributed by atoms with Gasteiger partial charge in [0.05, 0.1) is 24.0 Å². The summed E-state index contributed by atoms with van der Waals surface area (Å²) in [5, 5.41) is 3.98. The van der Waals surface area contributed by atoms with Crippen molar-refractivity contribution in [3.63, 3.8) is 0 Å². The quantitative estimate of drug-likeness (QED) is 0.863. The molecule has 1 aromatic heterocycles. The first-order valence-corrected chi connectivity index (χ1v) is 9.89. The van der Waals surface area contributed by atoms with Gasteiger partial charge in [-0.15, -0.1) is 0 Å². The number of thiophene rings is 1. The Morgan fingerprint density at radius 1 is 1.23 bits per heavy atom. The molecule has 2 aromatic rings. The van der Waals surface area contributed by atoms with Crippen molar-refractivity contribution in [2.45, 2.75) is 13.0 Å². The number of hydrogen-bond acceptors (Lipinski definition) is 4. The van der Waals surface area contributed by atoms with Gasteiger partial charge in [-0.05, 0) is 40.9 Å². The van der Waals surface area contributed by atoms with E-state index in [1.165, 1.54) is 0 Å². The maximum absolute atomic E-state index is 12.8. The van der Waals surface area contributed by atoms with Crippen molar-refractivity contribution >= 4 is 32.8 Å². The highest BCUT2D eigenvalue weighted by Gasteiger charge is 2.35. The molecule has 1 aromatic carbocycles. The van der Waals surface area contributed by atoms with E-state index in [-0.39, 0.29) is 17.4 Å². The van der Waals surface area contributed by atoms with Crippen LogP contribution in [0.4, 0.5) is 5.69 Å². The van der Waals surface area contributed by atoms with Gasteiger partial charge in [-0.25, -0.2) is 8.42 Å². The molecule has 1 saturated heterocycles. The Balaban J connectivity index is 1.86. The van der Waals surface area contributed by atoms with E-state index >= 15 is 0 Å². The third-order valence-electron chi connectivity index (χ3n) is 3.84. The van der Waals surface area contributed by atoms with Gasteiger partial charge in [0.2, 0.25) is 5.91 Å². The first kappa shape index (κ1) is 15.2. The van der Waals surface area contributed by atoms with Crippen LogP contribution in [0, 0.1) is 5.92 Å². The zero-order valence-electron chi connectivity index (χ0n) is 12.0. The van der Waals surface area contributed by atoms with Crippen LogP contribution < -0.4 is 4.90 Å². The number of nitrogens with zero attached hydrogens (tertiary/aromatic N) is 1. The Kier molecular flexibility index (Phi) is 4.31. The number of anilines is 1. The highest BCUT2D eigenvalue weighted by Crippen LogP contribution is 2.26. The van der Waals surface area contributed by atoms with Gasteiger partial charge in [-0.3, -0.25) is 4.79 Å². The number of para-hydroxylation sites is 1. The SMILES string of the molecule is O=C([C@@H]1CCS(=O)(=O)C1)N(Cc1ccsc1)c1ccccc1. The second-order valence-corrected chi connectivity index (χ2v) is 8.50. The number of carbonyl (C=O) groups excluding carboxylic acids is 1. The van der Waals surface area contributed by atoms with Crippen LogP contribution in [0.25, 0.3) is 0 Å². The topological polar surface area (TPSA) is 54.5 Å². The third-order valence-corrected chi connectivity index (χ3v) is 6.34. The van der Waals surface area contributed by atoms with Crippen LogP contribution in [-0.2, 0) is 21.2 Å². The van der Waals surface area contributed by atoms with E-state index in [4.69, 9.17) is 0 Å². The fourth-order valence-electron chi connectivity index (χ4n) is 2.68. The summed E-state index contributed by atoms with van der Waals surface area (Å²) < 4.78 is 23.3. The Labute approximate surface area is 134 Å². The normalized spacial score (nSPS) is 19.9. The maximum Gasteiger partial charge on any atom is 0.231 e. The zero-order chi connectivity index (χ0) is 15.6. The predicted molar refractivity (Wildman–Crippen MR) is 88.7 cm³/mol. The van der Waals surface area contributed by atoms with Gasteiger partial charge in [0, 0.05) is 5.69 Å². The lowest BCUT2D eigenvalue weighted by atomic mass is 10.1. The average Bonchev–Trinajstić information content (AvgIpc) is 3.14. The highest BCUT2D eigenvalue weighted by molar-refractivity contribution is 7.91. The molecule has 6 heteroatoms. The lowest BCUT2D eigenvalue weighted by molar-refractivity contribution is -0.121. The second kappa shape index (κ2) is 6.22. The van der Waals surface area contributed by atoms with Gasteiger partial charge in [0.1, 0.15) is 0 Å². The van der Waals surface area contributed by atoms with Crippen LogP contribution in [0.1, 0.15) is 12.0 Å². The molecule has 0 unspecified atom stereocenters. The van der Waals surface area contributed by atoms with Gasteiger partial charge >= 0.3 is 0 Å². The summed E-state index contributed by atoms with van der Waals surface area (Å²) >= 11 is 1.59. The number of benzene rings is 1. The third kappa shape index (κ3) is 3.39. The largest absolute Gasteiger partial charge is 0.308 e. The molecule has 3 rings (SSSR count). The minimum absolute atomic E-state index is 0.0290. The summed E-state index contributed by atoms with van der Waals surface area (Å²) in [5.41, 5.74) is 1.87. The van der Waals surface area contributed by atoms with Crippen LogP contribution in [0.2, 0.25) is 0 Å². The van der Waals surface area contributed by atoms with Crippen LogP contribution in [0.3, 0.4) is 0 Å². The molecule has 1 fully saturated rings. The summed E-state index contributed by atoms with van der Waals surface area (Å²) in [7, 11) is -3.06. The summed E-state index contributed by atoms with van der Waals surface area (Å²) in [5.74, 6) is -0.439. The number of rotatable bonds is 4. The molecule has 1 aliphatic rings. The number of hydrogen-bond donors (Lipinski definition) is 0. The van der Waals surface area contributed by atoms with Crippen molar-refractivity contribution in [1.29, 1.82) is 0 Å². The molecule has 0 radical (unpaired) electrons. The van der Waals surface area contributed by atoms with Gasteiger partial charge < -0.3 is 4.90 Å². The standard InChI is InChI=1S/C16H17NO3S2/c18-16(14-7-9-22(19,20)12-14)17(10-13-6-8-21-11-13)15-4-2-1-3-5-15/h1-6,8,11,14H,7,9-10,12H2/t14-/m1/s1. The molecule has 1 amide bonds. The first-order chi connectivity index (χ1) is 10.6. The van der Waals surface area contributed by atoms with Crippen LogP contribution >= 0.6 is 11.3 Å². The monoisotopic (exact) mass is 335 g/mol. The number of amides is 1. The van der Waals surface area contributed by atoms with E-state index in [0.29, 0.717) is 13.0 Å².